The van der Waals surface area contributed by atoms with E-state index < -0.39 is 114 Å². The molecular formula is C40H71NO14. The minimum absolute atomic E-state index is 0.0760. The van der Waals surface area contributed by atoms with Crippen molar-refractivity contribution in [1.29, 1.82) is 0 Å². The van der Waals surface area contributed by atoms with Crippen LogP contribution in [0, 0.1) is 23.7 Å². The van der Waals surface area contributed by atoms with Crippen LogP contribution in [0.3, 0.4) is 0 Å². The van der Waals surface area contributed by atoms with Gasteiger partial charge >= 0.3 is 11.9 Å². The normalized spacial score (nSPS) is 46.9. The molecule has 3 fully saturated rings. The lowest BCUT2D eigenvalue weighted by atomic mass is 9.74. The minimum atomic E-state index is -2.01. The lowest BCUT2D eigenvalue weighted by Gasteiger charge is -2.49. The largest absolute Gasteiger partial charge is 0.459 e. The van der Waals surface area contributed by atoms with Crippen molar-refractivity contribution < 1.29 is 68.0 Å². The van der Waals surface area contributed by atoms with Gasteiger partial charge in [0.1, 0.15) is 23.6 Å². The van der Waals surface area contributed by atoms with Gasteiger partial charge in [0.15, 0.2) is 18.7 Å². The number of Topliss-reactive ketones (excluding diaryl/α,β-unsaturated/α-hetero) is 1. The van der Waals surface area contributed by atoms with Crippen molar-refractivity contribution in [3.63, 3.8) is 0 Å². The fourth-order valence-corrected chi connectivity index (χ4v) is 8.76. The molecule has 0 aromatic rings. The second-order valence-corrected chi connectivity index (χ2v) is 17.3. The lowest BCUT2D eigenvalue weighted by Crippen LogP contribution is -2.61. The Morgan fingerprint density at radius 3 is 2.05 bits per heavy atom. The maximum Gasteiger partial charge on any atom is 0.311 e. The lowest BCUT2D eigenvalue weighted by molar-refractivity contribution is -0.319. The monoisotopic (exact) mass is 789 g/mol. The molecule has 0 aliphatic carbocycles. The molecule has 320 valence electrons. The van der Waals surface area contributed by atoms with Crippen molar-refractivity contribution in [2.45, 2.75) is 193 Å². The van der Waals surface area contributed by atoms with Crippen LogP contribution in [0.4, 0.5) is 0 Å². The van der Waals surface area contributed by atoms with E-state index in [1.165, 1.54) is 27.9 Å². The van der Waals surface area contributed by atoms with Crippen LogP contribution in [-0.2, 0) is 47.5 Å². The molecule has 0 aromatic heterocycles. The minimum Gasteiger partial charge on any atom is -0.459 e. The zero-order valence-corrected chi connectivity index (χ0v) is 35.5. The Kier molecular flexibility index (Phi) is 16.3. The van der Waals surface area contributed by atoms with Crippen molar-refractivity contribution in [3.05, 3.63) is 0 Å². The molecule has 0 bridgehead atoms. The fourth-order valence-electron chi connectivity index (χ4n) is 8.76. The molecule has 3 heterocycles. The van der Waals surface area contributed by atoms with E-state index in [1.54, 1.807) is 48.5 Å². The SMILES string of the molecule is CCC(=O)O[C@H]1[C@H](O[C@@H]2[C@@H](C)[C@H](O[C@H]3C[C@](C)(OC)[C@H](O)[C@@H](C)O3)[C@@H](C)C(=O)O[C@H](CC)[C@@](C)(O)[C@H](O)[C@@H](C)C(=O)[C@H](C)C[C@]2(C)O)O[C@H](C)C[C@@H]1N(C)C. The molecule has 18 atom stereocenters. The topological polar surface area (TPSA) is 200 Å². The Morgan fingerprint density at radius 2 is 1.51 bits per heavy atom. The van der Waals surface area contributed by atoms with Crippen molar-refractivity contribution in [1.82, 2.24) is 4.90 Å². The van der Waals surface area contributed by atoms with E-state index in [0.717, 1.165) is 0 Å². The second kappa shape index (κ2) is 18.9. The number of aliphatic hydroxyl groups is 4. The summed E-state index contributed by atoms with van der Waals surface area (Å²) in [6.45, 7) is 18.0. The molecule has 0 saturated carbocycles. The van der Waals surface area contributed by atoms with E-state index in [9.17, 15) is 34.8 Å². The van der Waals surface area contributed by atoms with Crippen LogP contribution >= 0.6 is 0 Å². The molecule has 3 aliphatic heterocycles. The fraction of sp³-hybridized carbons (Fsp3) is 0.925. The van der Waals surface area contributed by atoms with E-state index in [0.29, 0.717) is 6.42 Å². The Labute approximate surface area is 327 Å². The summed E-state index contributed by atoms with van der Waals surface area (Å²) in [5.41, 5.74) is -4.92. The quantitative estimate of drug-likeness (QED) is 0.249. The summed E-state index contributed by atoms with van der Waals surface area (Å²) in [6.07, 6.45) is -9.68. The number of ketones is 1. The molecule has 55 heavy (non-hydrogen) atoms. The first kappa shape index (κ1) is 47.6. The molecule has 0 spiro atoms. The van der Waals surface area contributed by atoms with Crippen molar-refractivity contribution in [2.24, 2.45) is 23.7 Å². The van der Waals surface area contributed by atoms with Gasteiger partial charge < -0.3 is 58.5 Å². The van der Waals surface area contributed by atoms with Crippen molar-refractivity contribution >= 4 is 17.7 Å². The zero-order valence-electron chi connectivity index (χ0n) is 35.5. The number of rotatable bonds is 9. The number of esters is 2. The Morgan fingerprint density at radius 1 is 0.891 bits per heavy atom. The molecule has 0 radical (unpaired) electrons. The number of ether oxygens (including phenoxy) is 7. The van der Waals surface area contributed by atoms with Gasteiger partial charge in [-0.15, -0.1) is 0 Å². The molecular weight excluding hydrogens is 718 g/mol. The van der Waals surface area contributed by atoms with Crippen LogP contribution in [0.25, 0.3) is 0 Å². The molecule has 3 aliphatic rings. The van der Waals surface area contributed by atoms with Gasteiger partial charge in [0.2, 0.25) is 0 Å². The number of methoxy groups -OCH3 is 1. The van der Waals surface area contributed by atoms with Crippen LogP contribution in [0.1, 0.15) is 108 Å². The van der Waals surface area contributed by atoms with Gasteiger partial charge in [0, 0.05) is 37.7 Å². The first-order chi connectivity index (χ1) is 25.4. The van der Waals surface area contributed by atoms with Crippen LogP contribution in [0.2, 0.25) is 0 Å². The highest BCUT2D eigenvalue weighted by Gasteiger charge is 2.54. The number of carbonyl (C=O) groups excluding carboxylic acids is 3. The molecule has 0 unspecified atom stereocenters. The van der Waals surface area contributed by atoms with Crippen molar-refractivity contribution in [2.75, 3.05) is 21.2 Å². The van der Waals surface area contributed by atoms with Gasteiger partial charge in [-0.25, -0.2) is 0 Å². The number of aliphatic hydroxyl groups excluding tert-OH is 2. The van der Waals surface area contributed by atoms with Gasteiger partial charge in [0.05, 0.1) is 53.7 Å². The van der Waals surface area contributed by atoms with Gasteiger partial charge in [-0.05, 0) is 74.9 Å². The average molecular weight is 790 g/mol. The van der Waals surface area contributed by atoms with Gasteiger partial charge in [0.25, 0.3) is 0 Å². The summed E-state index contributed by atoms with van der Waals surface area (Å²) in [5.74, 6) is -5.59. The number of cyclic esters (lactones) is 1. The molecule has 3 saturated heterocycles. The van der Waals surface area contributed by atoms with Gasteiger partial charge in [-0.1, -0.05) is 34.6 Å². The third kappa shape index (κ3) is 10.6. The molecule has 0 aromatic carbocycles. The first-order valence-electron chi connectivity index (χ1n) is 19.9. The maximum absolute atomic E-state index is 14.2. The van der Waals surface area contributed by atoms with Gasteiger partial charge in [-0.3, -0.25) is 14.4 Å². The summed E-state index contributed by atoms with van der Waals surface area (Å²) in [7, 11) is 5.21. The second-order valence-electron chi connectivity index (χ2n) is 17.3. The summed E-state index contributed by atoms with van der Waals surface area (Å²) in [6, 6.07) is -0.319. The smallest absolute Gasteiger partial charge is 0.311 e. The Balaban J connectivity index is 2.24. The predicted octanol–water partition coefficient (Wildman–Crippen LogP) is 2.75. The molecule has 15 nitrogen and oxygen atoms in total. The van der Waals surface area contributed by atoms with Crippen LogP contribution in [-0.4, -0.2) is 149 Å². The molecule has 15 heteroatoms. The summed E-state index contributed by atoms with van der Waals surface area (Å²) in [4.78, 5) is 42.9. The average Bonchev–Trinajstić information content (AvgIpc) is 3.11. The highest BCUT2D eigenvalue weighted by atomic mass is 16.7. The molecule has 3 rings (SSSR count). The van der Waals surface area contributed by atoms with Crippen molar-refractivity contribution in [3.8, 4) is 0 Å². The summed E-state index contributed by atoms with van der Waals surface area (Å²) in [5, 5.41) is 46.6. The third-order valence-electron chi connectivity index (χ3n) is 12.4. The number of hydrogen-bond donors (Lipinski definition) is 4. The standard InChI is InChI=1S/C40H71NO14/c1-15-27-40(11,48)33(44)22(5)30(43)20(3)18-38(9,47)35(55-37-32(53-28(42)16-2)26(41(12)13)17-21(4)50-37)23(6)31(24(7)36(46)52-27)54-29-19-39(10,49-14)34(45)25(8)51-29/h20-27,29,31-35,37,44-45,47-48H,15-19H2,1-14H3/t20-,21-,22+,23+,24-,25-,26+,27-,29+,31+,32-,33-,34-,35-,37+,38+,39+,40-/m1/s1. The van der Waals surface area contributed by atoms with E-state index in [2.05, 4.69) is 0 Å². The Hall–Kier alpha value is -1.79. The number of hydrogen-bond acceptors (Lipinski definition) is 15. The third-order valence-corrected chi connectivity index (χ3v) is 12.4. The summed E-state index contributed by atoms with van der Waals surface area (Å²) < 4.78 is 43.6. The van der Waals surface area contributed by atoms with Crippen LogP contribution in [0.15, 0.2) is 0 Å². The number of likely N-dealkylation sites (N-methyl/N-ethyl adjacent to an activating group) is 1. The van der Waals surface area contributed by atoms with Crippen LogP contribution in [0.5, 0.6) is 0 Å². The number of carbonyl (C=O) groups is 3. The van der Waals surface area contributed by atoms with Crippen LogP contribution < -0.4 is 0 Å². The zero-order chi connectivity index (χ0) is 42.0. The first-order valence-corrected chi connectivity index (χ1v) is 19.9. The highest BCUT2D eigenvalue weighted by molar-refractivity contribution is 5.83. The van der Waals surface area contributed by atoms with E-state index >= 15 is 0 Å². The Bertz CT molecular complexity index is 1290. The molecule has 4 N–H and O–H groups in total. The number of nitrogens with zero attached hydrogens (tertiary/aromatic N) is 1. The van der Waals surface area contributed by atoms with Gasteiger partial charge in [-0.2, -0.15) is 0 Å². The summed E-state index contributed by atoms with van der Waals surface area (Å²) >= 11 is 0. The van der Waals surface area contributed by atoms with E-state index in [1.807, 2.05) is 25.9 Å². The molecule has 0 amide bonds. The maximum atomic E-state index is 14.2. The highest BCUT2D eigenvalue weighted by Crippen LogP contribution is 2.41. The van der Waals surface area contributed by atoms with E-state index in [-0.39, 0.29) is 37.8 Å². The predicted molar refractivity (Wildman–Crippen MR) is 200 cm³/mol. The van der Waals surface area contributed by atoms with E-state index in [4.69, 9.17) is 33.2 Å².